The number of rotatable bonds is 5. The lowest BCUT2D eigenvalue weighted by Crippen LogP contribution is -2.14. The largest absolute Gasteiger partial charge is 0.497 e. The normalized spacial score (nSPS) is 10.9. The minimum atomic E-state index is 0.783. The molecule has 0 spiro atoms. The molecule has 2 N–H and O–H groups in total. The number of ether oxygens (including phenoxy) is 1. The molecule has 16 heavy (non-hydrogen) atoms. The lowest BCUT2D eigenvalue weighted by atomic mass is 10.3. The van der Waals surface area contributed by atoms with E-state index in [-0.39, 0.29) is 0 Å². The van der Waals surface area contributed by atoms with Crippen molar-refractivity contribution in [3.63, 3.8) is 0 Å². The molecule has 0 bridgehead atoms. The average Bonchev–Trinajstić information content (AvgIpc) is 2.70. The standard InChI is InChI=1S/C12H17N3O/c1-3-6-13-8-12-14-10-5-4-9(16-2)7-11(10)15-12/h4-5,7,13H,3,6,8H2,1-2H3,(H,14,15). The maximum Gasteiger partial charge on any atom is 0.121 e. The summed E-state index contributed by atoms with van der Waals surface area (Å²) in [5.74, 6) is 1.82. The lowest BCUT2D eigenvalue weighted by molar-refractivity contribution is 0.415. The summed E-state index contributed by atoms with van der Waals surface area (Å²) in [6.45, 7) is 3.95. The summed E-state index contributed by atoms with van der Waals surface area (Å²) < 4.78 is 5.17. The molecule has 2 aromatic rings. The highest BCUT2D eigenvalue weighted by Gasteiger charge is 2.03. The molecular weight excluding hydrogens is 202 g/mol. The Morgan fingerprint density at radius 1 is 1.44 bits per heavy atom. The van der Waals surface area contributed by atoms with Gasteiger partial charge in [-0.2, -0.15) is 0 Å². The first-order valence-electron chi connectivity index (χ1n) is 5.57. The molecule has 0 aliphatic carbocycles. The van der Waals surface area contributed by atoms with Crippen LogP contribution in [0, 0.1) is 0 Å². The summed E-state index contributed by atoms with van der Waals surface area (Å²) in [6.07, 6.45) is 1.13. The van der Waals surface area contributed by atoms with Gasteiger partial charge >= 0.3 is 0 Å². The van der Waals surface area contributed by atoms with E-state index < -0.39 is 0 Å². The Bertz CT molecular complexity index is 464. The van der Waals surface area contributed by atoms with E-state index in [2.05, 4.69) is 22.2 Å². The number of fused-ring (bicyclic) bond motifs is 1. The molecule has 0 unspecified atom stereocenters. The molecule has 2 rings (SSSR count). The number of nitrogens with zero attached hydrogens (tertiary/aromatic N) is 1. The molecule has 0 saturated heterocycles. The van der Waals surface area contributed by atoms with E-state index in [0.29, 0.717) is 0 Å². The van der Waals surface area contributed by atoms with Crippen molar-refractivity contribution >= 4 is 11.0 Å². The quantitative estimate of drug-likeness (QED) is 0.757. The van der Waals surface area contributed by atoms with Crippen molar-refractivity contribution in [3.05, 3.63) is 24.0 Å². The number of aromatic nitrogens is 2. The molecule has 1 aromatic heterocycles. The Morgan fingerprint density at radius 2 is 2.31 bits per heavy atom. The minimum Gasteiger partial charge on any atom is -0.497 e. The number of methoxy groups -OCH3 is 1. The predicted octanol–water partition coefficient (Wildman–Crippen LogP) is 2.07. The van der Waals surface area contributed by atoms with Gasteiger partial charge in [0.25, 0.3) is 0 Å². The van der Waals surface area contributed by atoms with Crippen molar-refractivity contribution in [2.75, 3.05) is 13.7 Å². The van der Waals surface area contributed by atoms with Crippen LogP contribution in [0.3, 0.4) is 0 Å². The van der Waals surface area contributed by atoms with E-state index in [4.69, 9.17) is 4.74 Å². The van der Waals surface area contributed by atoms with Crippen LogP contribution in [0.25, 0.3) is 11.0 Å². The van der Waals surface area contributed by atoms with Gasteiger partial charge in [-0.3, -0.25) is 0 Å². The van der Waals surface area contributed by atoms with Crippen LogP contribution in [0.15, 0.2) is 18.2 Å². The summed E-state index contributed by atoms with van der Waals surface area (Å²) in [4.78, 5) is 7.76. The molecule has 0 fully saturated rings. The molecule has 0 saturated carbocycles. The second-order valence-electron chi connectivity index (χ2n) is 3.74. The van der Waals surface area contributed by atoms with Gasteiger partial charge in [-0.25, -0.2) is 4.98 Å². The molecule has 0 aliphatic rings. The third kappa shape index (κ3) is 2.33. The number of nitrogens with one attached hydrogen (secondary N) is 2. The molecule has 86 valence electrons. The van der Waals surface area contributed by atoms with Crippen LogP contribution >= 0.6 is 0 Å². The molecule has 1 aromatic carbocycles. The number of H-pyrrole nitrogens is 1. The van der Waals surface area contributed by atoms with E-state index >= 15 is 0 Å². The fraction of sp³-hybridized carbons (Fsp3) is 0.417. The van der Waals surface area contributed by atoms with Crippen molar-refractivity contribution in [1.82, 2.24) is 15.3 Å². The highest BCUT2D eigenvalue weighted by molar-refractivity contribution is 5.76. The van der Waals surface area contributed by atoms with E-state index in [1.807, 2.05) is 18.2 Å². The second-order valence-corrected chi connectivity index (χ2v) is 3.74. The van der Waals surface area contributed by atoms with Crippen molar-refractivity contribution in [2.24, 2.45) is 0 Å². The van der Waals surface area contributed by atoms with Crippen molar-refractivity contribution in [3.8, 4) is 5.75 Å². The van der Waals surface area contributed by atoms with Crippen LogP contribution < -0.4 is 10.1 Å². The molecule has 1 heterocycles. The number of aromatic amines is 1. The van der Waals surface area contributed by atoms with E-state index in [1.165, 1.54) is 0 Å². The zero-order chi connectivity index (χ0) is 11.4. The van der Waals surface area contributed by atoms with Crippen molar-refractivity contribution in [1.29, 1.82) is 0 Å². The second kappa shape index (κ2) is 4.99. The topological polar surface area (TPSA) is 49.9 Å². The molecule has 0 atom stereocenters. The Kier molecular flexibility index (Phi) is 3.41. The number of hydrogen-bond donors (Lipinski definition) is 2. The zero-order valence-electron chi connectivity index (χ0n) is 9.71. The number of hydrogen-bond acceptors (Lipinski definition) is 3. The molecule has 4 heteroatoms. The SMILES string of the molecule is CCCNCc1nc2ccc(OC)cc2[nH]1. The maximum atomic E-state index is 5.17. The van der Waals surface area contributed by atoms with Gasteiger partial charge in [0.15, 0.2) is 0 Å². The van der Waals surface area contributed by atoms with Crippen LogP contribution in [0.1, 0.15) is 19.2 Å². The van der Waals surface area contributed by atoms with Crippen molar-refractivity contribution in [2.45, 2.75) is 19.9 Å². The van der Waals surface area contributed by atoms with Crippen LogP contribution in [0.2, 0.25) is 0 Å². The predicted molar refractivity (Wildman–Crippen MR) is 64.6 cm³/mol. The molecule has 0 aliphatic heterocycles. The van der Waals surface area contributed by atoms with Gasteiger partial charge in [0, 0.05) is 6.07 Å². The summed E-state index contributed by atoms with van der Waals surface area (Å²) in [7, 11) is 1.67. The van der Waals surface area contributed by atoms with Gasteiger partial charge in [0.2, 0.25) is 0 Å². The van der Waals surface area contributed by atoms with Gasteiger partial charge < -0.3 is 15.0 Å². The van der Waals surface area contributed by atoms with Crippen LogP contribution in [0.5, 0.6) is 5.75 Å². The van der Waals surface area contributed by atoms with Gasteiger partial charge in [-0.1, -0.05) is 6.92 Å². The molecular formula is C12H17N3O. The maximum absolute atomic E-state index is 5.17. The Balaban J connectivity index is 2.16. The smallest absolute Gasteiger partial charge is 0.121 e. The molecule has 4 nitrogen and oxygen atoms in total. The minimum absolute atomic E-state index is 0.783. The Morgan fingerprint density at radius 3 is 3.06 bits per heavy atom. The first kappa shape index (κ1) is 11.0. The number of imidazole rings is 1. The summed E-state index contributed by atoms with van der Waals surface area (Å²) in [6, 6.07) is 5.85. The van der Waals surface area contributed by atoms with Gasteiger partial charge in [0.05, 0.1) is 24.7 Å². The summed E-state index contributed by atoms with van der Waals surface area (Å²) in [5.41, 5.74) is 2.00. The molecule has 0 amide bonds. The monoisotopic (exact) mass is 219 g/mol. The van der Waals surface area contributed by atoms with E-state index in [0.717, 1.165) is 42.1 Å². The molecule has 0 radical (unpaired) electrons. The summed E-state index contributed by atoms with van der Waals surface area (Å²) in [5, 5.41) is 3.32. The van der Waals surface area contributed by atoms with E-state index in [1.54, 1.807) is 7.11 Å². The van der Waals surface area contributed by atoms with E-state index in [9.17, 15) is 0 Å². The number of benzene rings is 1. The van der Waals surface area contributed by atoms with Crippen LogP contribution in [0.4, 0.5) is 0 Å². The van der Waals surface area contributed by atoms with Gasteiger partial charge in [-0.05, 0) is 25.1 Å². The van der Waals surface area contributed by atoms with Crippen LogP contribution in [-0.4, -0.2) is 23.6 Å². The third-order valence-electron chi connectivity index (χ3n) is 2.46. The third-order valence-corrected chi connectivity index (χ3v) is 2.46. The lowest BCUT2D eigenvalue weighted by Gasteiger charge is -1.98. The highest BCUT2D eigenvalue weighted by Crippen LogP contribution is 2.18. The van der Waals surface area contributed by atoms with Gasteiger partial charge in [0.1, 0.15) is 11.6 Å². The first-order valence-corrected chi connectivity index (χ1v) is 5.57. The van der Waals surface area contributed by atoms with Crippen LogP contribution in [-0.2, 0) is 6.54 Å². The fourth-order valence-electron chi connectivity index (χ4n) is 1.64. The Hall–Kier alpha value is -1.55. The van der Waals surface area contributed by atoms with Crippen molar-refractivity contribution < 1.29 is 4.74 Å². The Labute approximate surface area is 95.0 Å². The fourth-order valence-corrected chi connectivity index (χ4v) is 1.64. The first-order chi connectivity index (χ1) is 7.83. The average molecular weight is 219 g/mol. The zero-order valence-corrected chi connectivity index (χ0v) is 9.71. The highest BCUT2D eigenvalue weighted by atomic mass is 16.5. The summed E-state index contributed by atoms with van der Waals surface area (Å²) >= 11 is 0. The van der Waals surface area contributed by atoms with Gasteiger partial charge in [-0.15, -0.1) is 0 Å².